The lowest BCUT2D eigenvalue weighted by Crippen LogP contribution is -2.32. The molecule has 0 spiro atoms. The summed E-state index contributed by atoms with van der Waals surface area (Å²) in [4.78, 5) is 2.17. The van der Waals surface area contributed by atoms with Crippen LogP contribution in [0.25, 0.3) is 0 Å². The van der Waals surface area contributed by atoms with Gasteiger partial charge in [0.1, 0.15) is 18.2 Å². The summed E-state index contributed by atoms with van der Waals surface area (Å²) in [6.45, 7) is 4.79. The van der Waals surface area contributed by atoms with Crippen LogP contribution in [0.3, 0.4) is 0 Å². The summed E-state index contributed by atoms with van der Waals surface area (Å²) < 4.78 is 18.1. The van der Waals surface area contributed by atoms with Gasteiger partial charge in [0.25, 0.3) is 0 Å². The maximum Gasteiger partial charge on any atom is 0.123 e. The molecular weight excluding hydrogens is 221 g/mol. The van der Waals surface area contributed by atoms with Crippen molar-refractivity contribution in [3.05, 3.63) is 30.1 Å². The number of hydrogen-bond acceptors (Lipinski definition) is 3. The maximum atomic E-state index is 12.6. The van der Waals surface area contributed by atoms with Gasteiger partial charge in [-0.25, -0.2) is 4.39 Å². The van der Waals surface area contributed by atoms with Crippen LogP contribution in [0.15, 0.2) is 24.3 Å². The van der Waals surface area contributed by atoms with Crippen molar-refractivity contribution in [1.29, 1.82) is 0 Å². The smallest absolute Gasteiger partial charge is 0.123 e. The molecule has 1 aliphatic rings. The lowest BCUT2D eigenvalue weighted by molar-refractivity contribution is 0.0670. The number of halogens is 1. The SMILES string of the molecule is CC1(O)CCN(CCOc2ccc(F)cc2)C1. The van der Waals surface area contributed by atoms with Crippen LogP contribution in [0.2, 0.25) is 0 Å². The quantitative estimate of drug-likeness (QED) is 0.867. The molecule has 0 amide bonds. The summed E-state index contributed by atoms with van der Waals surface area (Å²) in [7, 11) is 0. The van der Waals surface area contributed by atoms with Crippen molar-refractivity contribution in [1.82, 2.24) is 4.90 Å². The summed E-state index contributed by atoms with van der Waals surface area (Å²) in [5.41, 5.74) is -0.560. The monoisotopic (exact) mass is 239 g/mol. The number of ether oxygens (including phenoxy) is 1. The van der Waals surface area contributed by atoms with Crippen molar-refractivity contribution in [3.63, 3.8) is 0 Å². The Morgan fingerprint density at radius 3 is 2.71 bits per heavy atom. The molecule has 1 atom stereocenters. The standard InChI is InChI=1S/C13H18FNO2/c1-13(16)6-7-15(10-13)8-9-17-12-4-2-11(14)3-5-12/h2-5,16H,6-10H2,1H3. The fourth-order valence-electron chi connectivity index (χ4n) is 2.05. The van der Waals surface area contributed by atoms with Gasteiger partial charge < -0.3 is 9.84 Å². The molecule has 4 heteroatoms. The fraction of sp³-hybridized carbons (Fsp3) is 0.538. The molecule has 2 rings (SSSR count). The molecule has 1 saturated heterocycles. The second kappa shape index (κ2) is 5.02. The largest absolute Gasteiger partial charge is 0.492 e. The van der Waals surface area contributed by atoms with Crippen LogP contribution in [0, 0.1) is 5.82 Å². The second-order valence-corrected chi connectivity index (χ2v) is 4.83. The molecule has 3 nitrogen and oxygen atoms in total. The van der Waals surface area contributed by atoms with E-state index in [-0.39, 0.29) is 5.82 Å². The fourth-order valence-corrected chi connectivity index (χ4v) is 2.05. The van der Waals surface area contributed by atoms with Crippen LogP contribution in [-0.2, 0) is 0 Å². The molecule has 1 aromatic carbocycles. The first kappa shape index (κ1) is 12.3. The first-order valence-corrected chi connectivity index (χ1v) is 5.88. The molecule has 0 bridgehead atoms. The number of likely N-dealkylation sites (tertiary alicyclic amines) is 1. The molecule has 1 fully saturated rings. The molecule has 1 N–H and O–H groups in total. The Morgan fingerprint density at radius 1 is 1.41 bits per heavy atom. The zero-order valence-corrected chi connectivity index (χ0v) is 10.0. The normalized spacial score (nSPS) is 25.1. The van der Waals surface area contributed by atoms with E-state index in [1.165, 1.54) is 12.1 Å². The third-order valence-electron chi connectivity index (χ3n) is 3.02. The van der Waals surface area contributed by atoms with Crippen LogP contribution in [0.5, 0.6) is 5.75 Å². The summed E-state index contributed by atoms with van der Waals surface area (Å²) in [6.07, 6.45) is 0.809. The van der Waals surface area contributed by atoms with E-state index in [0.717, 1.165) is 19.5 Å². The van der Waals surface area contributed by atoms with Gasteiger partial charge in [0, 0.05) is 19.6 Å². The summed E-state index contributed by atoms with van der Waals surface area (Å²) in [6, 6.07) is 6.01. The van der Waals surface area contributed by atoms with E-state index in [1.807, 2.05) is 6.92 Å². The number of rotatable bonds is 4. The lowest BCUT2D eigenvalue weighted by atomic mass is 10.1. The van der Waals surface area contributed by atoms with E-state index in [4.69, 9.17) is 4.74 Å². The van der Waals surface area contributed by atoms with Crippen molar-refractivity contribution >= 4 is 0 Å². The third kappa shape index (κ3) is 3.68. The van der Waals surface area contributed by atoms with E-state index >= 15 is 0 Å². The van der Waals surface area contributed by atoms with Crippen molar-refractivity contribution in [2.24, 2.45) is 0 Å². The minimum Gasteiger partial charge on any atom is -0.492 e. The average molecular weight is 239 g/mol. The highest BCUT2D eigenvalue weighted by Crippen LogP contribution is 2.19. The number of β-amino-alcohol motifs (C(OH)–C–C–N with tert-alkyl or cyclic N) is 1. The van der Waals surface area contributed by atoms with Gasteiger partial charge in [0.05, 0.1) is 5.60 Å². The van der Waals surface area contributed by atoms with Gasteiger partial charge in [-0.1, -0.05) is 0 Å². The Balaban J connectivity index is 1.71. The van der Waals surface area contributed by atoms with Crippen molar-refractivity contribution in [2.45, 2.75) is 18.9 Å². The van der Waals surface area contributed by atoms with Gasteiger partial charge in [-0.05, 0) is 37.6 Å². The second-order valence-electron chi connectivity index (χ2n) is 4.83. The van der Waals surface area contributed by atoms with Crippen molar-refractivity contribution < 1.29 is 14.2 Å². The van der Waals surface area contributed by atoms with Gasteiger partial charge in [-0.2, -0.15) is 0 Å². The number of nitrogens with zero attached hydrogens (tertiary/aromatic N) is 1. The van der Waals surface area contributed by atoms with Crippen LogP contribution < -0.4 is 4.74 Å². The molecule has 1 heterocycles. The molecule has 1 unspecified atom stereocenters. The topological polar surface area (TPSA) is 32.7 Å². The maximum absolute atomic E-state index is 12.6. The Morgan fingerprint density at radius 2 is 2.12 bits per heavy atom. The molecule has 1 aromatic rings. The highest BCUT2D eigenvalue weighted by molar-refractivity contribution is 5.21. The van der Waals surface area contributed by atoms with Gasteiger partial charge in [0.2, 0.25) is 0 Å². The summed E-state index contributed by atoms with van der Waals surface area (Å²) in [5, 5.41) is 9.79. The van der Waals surface area contributed by atoms with Gasteiger partial charge >= 0.3 is 0 Å². The molecular formula is C13H18FNO2. The van der Waals surface area contributed by atoms with Crippen LogP contribution in [0.1, 0.15) is 13.3 Å². The zero-order valence-electron chi connectivity index (χ0n) is 10.0. The van der Waals surface area contributed by atoms with Crippen LogP contribution in [0.4, 0.5) is 4.39 Å². The number of hydrogen-bond donors (Lipinski definition) is 1. The lowest BCUT2D eigenvalue weighted by Gasteiger charge is -2.18. The first-order valence-electron chi connectivity index (χ1n) is 5.88. The predicted molar refractivity (Wildman–Crippen MR) is 63.6 cm³/mol. The van der Waals surface area contributed by atoms with E-state index in [1.54, 1.807) is 12.1 Å². The Bertz CT molecular complexity index is 364. The molecule has 0 aromatic heterocycles. The number of benzene rings is 1. The minimum atomic E-state index is -0.560. The average Bonchev–Trinajstić information content (AvgIpc) is 2.61. The Hall–Kier alpha value is -1.13. The zero-order chi connectivity index (χ0) is 12.3. The Kier molecular flexibility index (Phi) is 3.64. The Labute approximate surface area is 101 Å². The van der Waals surface area contributed by atoms with Crippen molar-refractivity contribution in [2.75, 3.05) is 26.2 Å². The summed E-state index contributed by atoms with van der Waals surface area (Å²) in [5.74, 6) is 0.422. The van der Waals surface area contributed by atoms with Crippen molar-refractivity contribution in [3.8, 4) is 5.75 Å². The van der Waals surface area contributed by atoms with Gasteiger partial charge in [-0.15, -0.1) is 0 Å². The highest BCUT2D eigenvalue weighted by Gasteiger charge is 2.30. The highest BCUT2D eigenvalue weighted by atomic mass is 19.1. The third-order valence-corrected chi connectivity index (χ3v) is 3.02. The van der Waals surface area contributed by atoms with Crippen LogP contribution >= 0.6 is 0 Å². The predicted octanol–water partition coefficient (Wildman–Crippen LogP) is 1.66. The molecule has 17 heavy (non-hydrogen) atoms. The van der Waals surface area contributed by atoms with Gasteiger partial charge in [-0.3, -0.25) is 4.90 Å². The van der Waals surface area contributed by atoms with E-state index < -0.39 is 5.60 Å². The van der Waals surface area contributed by atoms with E-state index in [0.29, 0.717) is 18.9 Å². The molecule has 0 aliphatic carbocycles. The minimum absolute atomic E-state index is 0.257. The summed E-state index contributed by atoms with van der Waals surface area (Å²) >= 11 is 0. The molecule has 0 saturated carbocycles. The molecule has 1 aliphatic heterocycles. The molecule has 94 valence electrons. The van der Waals surface area contributed by atoms with Crippen LogP contribution in [-0.4, -0.2) is 41.8 Å². The molecule has 0 radical (unpaired) electrons. The first-order chi connectivity index (χ1) is 8.05. The van der Waals surface area contributed by atoms with E-state index in [9.17, 15) is 9.50 Å². The van der Waals surface area contributed by atoms with E-state index in [2.05, 4.69) is 4.90 Å². The number of aliphatic hydroxyl groups is 1. The van der Waals surface area contributed by atoms with Gasteiger partial charge in [0.15, 0.2) is 0 Å².